The van der Waals surface area contributed by atoms with Crippen molar-refractivity contribution in [3.63, 3.8) is 0 Å². The Bertz CT molecular complexity index is 534. The maximum atomic E-state index is 11.8. The first-order chi connectivity index (χ1) is 8.15. The van der Waals surface area contributed by atoms with Crippen molar-refractivity contribution in [3.05, 3.63) is 51.7 Å². The van der Waals surface area contributed by atoms with E-state index in [4.69, 9.17) is 0 Å². The SMILES string of the molecule is Cc1ccc(CNC(=O)c2cccc(S)c2)s1. The van der Waals surface area contributed by atoms with Gasteiger partial charge in [0.2, 0.25) is 0 Å². The van der Waals surface area contributed by atoms with E-state index >= 15 is 0 Å². The molecule has 2 aromatic rings. The Kier molecular flexibility index (Phi) is 3.86. The molecule has 0 spiro atoms. The molecule has 1 N–H and O–H groups in total. The third kappa shape index (κ3) is 3.35. The average Bonchev–Trinajstić information content (AvgIpc) is 2.72. The third-order valence-electron chi connectivity index (χ3n) is 2.33. The summed E-state index contributed by atoms with van der Waals surface area (Å²) in [5.41, 5.74) is 0.644. The van der Waals surface area contributed by atoms with Gasteiger partial charge < -0.3 is 5.32 Å². The molecule has 0 atom stereocenters. The molecule has 88 valence electrons. The monoisotopic (exact) mass is 263 g/mol. The van der Waals surface area contributed by atoms with Crippen LogP contribution in [0.15, 0.2) is 41.3 Å². The van der Waals surface area contributed by atoms with Crippen LogP contribution in [0.2, 0.25) is 0 Å². The zero-order chi connectivity index (χ0) is 12.3. The largest absolute Gasteiger partial charge is 0.347 e. The highest BCUT2D eigenvalue weighted by atomic mass is 32.1. The third-order valence-corrected chi connectivity index (χ3v) is 3.61. The fourth-order valence-electron chi connectivity index (χ4n) is 1.50. The molecule has 17 heavy (non-hydrogen) atoms. The molecule has 0 aliphatic carbocycles. The molecule has 0 unspecified atom stereocenters. The van der Waals surface area contributed by atoms with Crippen molar-refractivity contribution in [3.8, 4) is 0 Å². The molecule has 2 nitrogen and oxygen atoms in total. The van der Waals surface area contributed by atoms with E-state index in [0.29, 0.717) is 12.1 Å². The molecule has 0 saturated carbocycles. The quantitative estimate of drug-likeness (QED) is 0.818. The predicted octanol–water partition coefficient (Wildman–Crippen LogP) is 3.28. The van der Waals surface area contributed by atoms with Gasteiger partial charge >= 0.3 is 0 Å². The number of hydrogen-bond donors (Lipinski definition) is 2. The van der Waals surface area contributed by atoms with Crippen molar-refractivity contribution in [2.24, 2.45) is 0 Å². The molecular weight excluding hydrogens is 250 g/mol. The van der Waals surface area contributed by atoms with E-state index in [9.17, 15) is 4.79 Å². The topological polar surface area (TPSA) is 29.1 Å². The first-order valence-corrected chi connectivity index (χ1v) is 6.54. The van der Waals surface area contributed by atoms with E-state index in [-0.39, 0.29) is 5.91 Å². The predicted molar refractivity (Wildman–Crippen MR) is 73.9 cm³/mol. The highest BCUT2D eigenvalue weighted by Gasteiger charge is 2.05. The molecule has 0 aliphatic rings. The van der Waals surface area contributed by atoms with Gasteiger partial charge in [0.1, 0.15) is 0 Å². The number of amides is 1. The first-order valence-electron chi connectivity index (χ1n) is 5.28. The van der Waals surface area contributed by atoms with Gasteiger partial charge in [-0.3, -0.25) is 4.79 Å². The Balaban J connectivity index is 1.98. The summed E-state index contributed by atoms with van der Waals surface area (Å²) in [6.07, 6.45) is 0. The molecule has 4 heteroatoms. The van der Waals surface area contributed by atoms with Crippen LogP contribution < -0.4 is 5.32 Å². The van der Waals surface area contributed by atoms with Gasteiger partial charge in [0.15, 0.2) is 0 Å². The number of nitrogens with one attached hydrogen (secondary N) is 1. The fourth-order valence-corrected chi connectivity index (χ4v) is 2.55. The number of carbonyl (C=O) groups is 1. The lowest BCUT2D eigenvalue weighted by Gasteiger charge is -2.04. The van der Waals surface area contributed by atoms with Crippen molar-refractivity contribution in [2.75, 3.05) is 0 Å². The highest BCUT2D eigenvalue weighted by Crippen LogP contribution is 2.15. The number of benzene rings is 1. The van der Waals surface area contributed by atoms with Crippen LogP contribution in [0.25, 0.3) is 0 Å². The van der Waals surface area contributed by atoms with Crippen LogP contribution in [-0.2, 0) is 6.54 Å². The molecule has 1 aromatic carbocycles. The molecule has 0 saturated heterocycles. The van der Waals surface area contributed by atoms with Crippen LogP contribution in [0.5, 0.6) is 0 Å². The van der Waals surface area contributed by atoms with E-state index in [0.717, 1.165) is 9.77 Å². The number of rotatable bonds is 3. The molecule has 1 amide bonds. The van der Waals surface area contributed by atoms with Crippen molar-refractivity contribution in [1.82, 2.24) is 5.32 Å². The van der Waals surface area contributed by atoms with E-state index in [1.54, 1.807) is 23.5 Å². The molecule has 2 rings (SSSR count). The Morgan fingerprint density at radius 2 is 2.18 bits per heavy atom. The molecule has 0 aliphatic heterocycles. The Morgan fingerprint density at radius 1 is 1.35 bits per heavy atom. The van der Waals surface area contributed by atoms with E-state index < -0.39 is 0 Å². The summed E-state index contributed by atoms with van der Waals surface area (Å²) in [6, 6.07) is 11.3. The summed E-state index contributed by atoms with van der Waals surface area (Å²) in [4.78, 5) is 15.1. The standard InChI is InChI=1S/C13H13NOS2/c1-9-5-6-12(17-9)8-14-13(15)10-3-2-4-11(16)7-10/h2-7,16H,8H2,1H3,(H,14,15). The second-order valence-corrected chi connectivity index (χ2v) is 5.63. The van der Waals surface area contributed by atoms with E-state index in [1.165, 1.54) is 4.88 Å². The molecular formula is C13H13NOS2. The molecule has 1 aromatic heterocycles. The van der Waals surface area contributed by atoms with Crippen LogP contribution >= 0.6 is 24.0 Å². The van der Waals surface area contributed by atoms with Gasteiger partial charge in [-0.2, -0.15) is 0 Å². The number of thiol groups is 1. The van der Waals surface area contributed by atoms with Gasteiger partial charge in [0.05, 0.1) is 6.54 Å². The van der Waals surface area contributed by atoms with E-state index in [2.05, 4.69) is 30.9 Å². The van der Waals surface area contributed by atoms with Crippen LogP contribution in [0, 0.1) is 6.92 Å². The van der Waals surface area contributed by atoms with Gasteiger partial charge in [0.25, 0.3) is 5.91 Å². The number of carbonyl (C=O) groups excluding carboxylic acids is 1. The summed E-state index contributed by atoms with van der Waals surface area (Å²) in [5, 5.41) is 2.89. The summed E-state index contributed by atoms with van der Waals surface area (Å²) in [7, 11) is 0. The molecule has 0 radical (unpaired) electrons. The Hall–Kier alpha value is -1.26. The minimum Gasteiger partial charge on any atom is -0.347 e. The van der Waals surface area contributed by atoms with Gasteiger partial charge in [-0.1, -0.05) is 6.07 Å². The van der Waals surface area contributed by atoms with Gasteiger partial charge in [-0.25, -0.2) is 0 Å². The van der Waals surface area contributed by atoms with Crippen LogP contribution in [0.4, 0.5) is 0 Å². The van der Waals surface area contributed by atoms with Crippen molar-refractivity contribution >= 4 is 29.9 Å². The Labute approximate surface area is 110 Å². The van der Waals surface area contributed by atoms with E-state index in [1.807, 2.05) is 18.2 Å². The average molecular weight is 263 g/mol. The summed E-state index contributed by atoms with van der Waals surface area (Å²) >= 11 is 5.91. The second kappa shape index (κ2) is 5.38. The normalized spacial score (nSPS) is 10.2. The number of hydrogen-bond acceptors (Lipinski definition) is 3. The minimum absolute atomic E-state index is 0.0630. The minimum atomic E-state index is -0.0630. The van der Waals surface area contributed by atoms with Crippen LogP contribution in [0.3, 0.4) is 0 Å². The lowest BCUT2D eigenvalue weighted by Crippen LogP contribution is -2.22. The highest BCUT2D eigenvalue weighted by molar-refractivity contribution is 7.80. The summed E-state index contributed by atoms with van der Waals surface area (Å²) < 4.78 is 0. The zero-order valence-electron chi connectivity index (χ0n) is 9.43. The van der Waals surface area contributed by atoms with Crippen molar-refractivity contribution < 1.29 is 4.79 Å². The van der Waals surface area contributed by atoms with Gasteiger partial charge in [0, 0.05) is 20.2 Å². The summed E-state index contributed by atoms with van der Waals surface area (Å²) in [6.45, 7) is 2.63. The Morgan fingerprint density at radius 3 is 2.82 bits per heavy atom. The fraction of sp³-hybridized carbons (Fsp3) is 0.154. The zero-order valence-corrected chi connectivity index (χ0v) is 11.1. The second-order valence-electron chi connectivity index (χ2n) is 3.75. The summed E-state index contributed by atoms with van der Waals surface area (Å²) in [5.74, 6) is -0.0630. The van der Waals surface area contributed by atoms with Crippen molar-refractivity contribution in [2.45, 2.75) is 18.4 Å². The number of aryl methyl sites for hydroxylation is 1. The van der Waals surface area contributed by atoms with Gasteiger partial charge in [-0.05, 0) is 37.3 Å². The lowest BCUT2D eigenvalue weighted by atomic mass is 10.2. The van der Waals surface area contributed by atoms with Gasteiger partial charge in [-0.15, -0.1) is 24.0 Å². The first kappa shape index (κ1) is 12.2. The lowest BCUT2D eigenvalue weighted by molar-refractivity contribution is 0.0951. The number of thiophene rings is 1. The molecule has 0 fully saturated rings. The van der Waals surface area contributed by atoms with Crippen molar-refractivity contribution in [1.29, 1.82) is 0 Å². The van der Waals surface area contributed by atoms with Crippen LogP contribution in [-0.4, -0.2) is 5.91 Å². The smallest absolute Gasteiger partial charge is 0.251 e. The molecule has 0 bridgehead atoms. The van der Waals surface area contributed by atoms with Crippen LogP contribution in [0.1, 0.15) is 20.1 Å². The maximum absolute atomic E-state index is 11.8. The molecule has 1 heterocycles. The maximum Gasteiger partial charge on any atom is 0.251 e.